The van der Waals surface area contributed by atoms with E-state index in [1.165, 1.54) is 10.8 Å². The van der Waals surface area contributed by atoms with Crippen LogP contribution in [0.4, 0.5) is 0 Å². The fourth-order valence-electron chi connectivity index (χ4n) is 2.04. The van der Waals surface area contributed by atoms with Crippen molar-refractivity contribution in [1.82, 2.24) is 4.57 Å². The molecule has 1 atom stereocenters. The van der Waals surface area contributed by atoms with E-state index in [0.717, 1.165) is 0 Å². The molecule has 1 heterocycles. The van der Waals surface area contributed by atoms with Crippen LogP contribution < -0.4 is 34.3 Å². The Morgan fingerprint density at radius 2 is 2.14 bits per heavy atom. The van der Waals surface area contributed by atoms with Crippen molar-refractivity contribution >= 4 is 28.0 Å². The monoisotopic (exact) mass is 319 g/mol. The fourth-order valence-corrected chi connectivity index (χ4v) is 2.62. The first-order valence-electron chi connectivity index (χ1n) is 5.99. The number of hydrogen-bond donors (Lipinski definition) is 1. The van der Waals surface area contributed by atoms with Crippen LogP contribution in [0.1, 0.15) is 13.8 Å². The maximum Gasteiger partial charge on any atom is 1.00 e. The molecule has 0 fully saturated rings. The van der Waals surface area contributed by atoms with E-state index in [-0.39, 0.29) is 47.1 Å². The zero-order valence-electron chi connectivity index (χ0n) is 12.0. The molecule has 0 aliphatic carbocycles. The van der Waals surface area contributed by atoms with Crippen molar-refractivity contribution in [2.75, 3.05) is 0 Å². The van der Waals surface area contributed by atoms with Crippen LogP contribution >= 0.6 is 0 Å². The van der Waals surface area contributed by atoms with Gasteiger partial charge in [0.2, 0.25) is 0 Å². The van der Waals surface area contributed by atoms with Gasteiger partial charge >= 0.3 is 35.5 Å². The van der Waals surface area contributed by atoms with E-state index in [9.17, 15) is 13.6 Å². The molecule has 1 aromatic carbocycles. The standard InChI is InChI=1S/C13H15NO5S.Na/c1-8(2)19-10-5-3-4-9-13(10)11(20(17)18)6-14(9)7-12(15)16;/h3-6,8H,7H2,1-2H3,(H,15,16)(H,17,18);/q;+1/p-1. The average molecular weight is 319 g/mol. The molecule has 0 saturated heterocycles. The van der Waals surface area contributed by atoms with Gasteiger partial charge in [-0.3, -0.25) is 9.00 Å². The van der Waals surface area contributed by atoms with Gasteiger partial charge in [0, 0.05) is 6.20 Å². The molecule has 1 unspecified atom stereocenters. The second-order valence-electron chi connectivity index (χ2n) is 4.57. The zero-order valence-corrected chi connectivity index (χ0v) is 14.8. The molecule has 1 aromatic heterocycles. The minimum atomic E-state index is -2.47. The third kappa shape index (κ3) is 4.08. The number of aromatic nitrogens is 1. The van der Waals surface area contributed by atoms with Crippen LogP contribution in [-0.4, -0.2) is 30.5 Å². The van der Waals surface area contributed by atoms with Crippen LogP contribution in [0.25, 0.3) is 10.9 Å². The first-order chi connectivity index (χ1) is 9.40. The summed E-state index contributed by atoms with van der Waals surface area (Å²) < 4.78 is 29.7. The molecule has 0 amide bonds. The predicted molar refractivity (Wildman–Crippen MR) is 72.5 cm³/mol. The average Bonchev–Trinajstić information content (AvgIpc) is 2.68. The third-order valence-corrected chi connectivity index (χ3v) is 3.35. The Labute approximate surface area is 146 Å². The van der Waals surface area contributed by atoms with E-state index >= 15 is 0 Å². The van der Waals surface area contributed by atoms with Crippen molar-refractivity contribution in [1.29, 1.82) is 0 Å². The van der Waals surface area contributed by atoms with Gasteiger partial charge in [-0.25, -0.2) is 0 Å². The number of benzene rings is 1. The quantitative estimate of drug-likeness (QED) is 0.549. The van der Waals surface area contributed by atoms with E-state index in [0.29, 0.717) is 16.7 Å². The Hall–Kier alpha value is -0.860. The van der Waals surface area contributed by atoms with Crippen molar-refractivity contribution in [3.63, 3.8) is 0 Å². The van der Waals surface area contributed by atoms with Crippen molar-refractivity contribution in [2.24, 2.45) is 0 Å². The van der Waals surface area contributed by atoms with Crippen molar-refractivity contribution in [3.8, 4) is 5.75 Å². The Balaban J connectivity index is 0.00000220. The van der Waals surface area contributed by atoms with Crippen molar-refractivity contribution < 1.29 is 53.0 Å². The van der Waals surface area contributed by atoms with Gasteiger partial charge in [-0.15, -0.1) is 0 Å². The predicted octanol–water partition coefficient (Wildman–Crippen LogP) is -1.24. The molecule has 2 rings (SSSR count). The maximum absolute atomic E-state index is 11.3. The van der Waals surface area contributed by atoms with Gasteiger partial charge in [-0.05, 0) is 37.1 Å². The van der Waals surface area contributed by atoms with E-state index in [2.05, 4.69) is 0 Å². The van der Waals surface area contributed by atoms with Gasteiger partial charge in [-0.1, -0.05) is 6.07 Å². The number of carboxylic acids is 1. The molecule has 0 bridgehead atoms. The summed E-state index contributed by atoms with van der Waals surface area (Å²) in [5.74, 6) is -0.610. The van der Waals surface area contributed by atoms with E-state index in [1.54, 1.807) is 18.2 Å². The molecule has 108 valence electrons. The first kappa shape index (κ1) is 18.2. The van der Waals surface area contributed by atoms with Gasteiger partial charge in [0.05, 0.1) is 21.9 Å². The van der Waals surface area contributed by atoms with Gasteiger partial charge in [0.25, 0.3) is 0 Å². The number of ether oxygens (including phenoxy) is 1. The summed E-state index contributed by atoms with van der Waals surface area (Å²) in [6.07, 6.45) is 1.20. The van der Waals surface area contributed by atoms with Crippen molar-refractivity contribution in [3.05, 3.63) is 24.4 Å². The van der Waals surface area contributed by atoms with Crippen LogP contribution in [0.15, 0.2) is 29.3 Å². The molecular weight excluding hydrogens is 305 g/mol. The van der Waals surface area contributed by atoms with Gasteiger partial charge < -0.3 is 19.0 Å². The van der Waals surface area contributed by atoms with Crippen molar-refractivity contribution in [2.45, 2.75) is 31.4 Å². The topological polar surface area (TPSA) is 91.6 Å². The smallest absolute Gasteiger partial charge is 0.768 e. The fraction of sp³-hybridized carbons (Fsp3) is 0.308. The molecule has 0 radical (unpaired) electrons. The number of fused-ring (bicyclic) bond motifs is 1. The number of nitrogens with zero attached hydrogens (tertiary/aromatic N) is 1. The zero-order chi connectivity index (χ0) is 14.9. The van der Waals surface area contributed by atoms with Crippen LogP contribution in [0, 0.1) is 0 Å². The number of rotatable bonds is 5. The molecule has 0 aliphatic heterocycles. The molecule has 0 saturated carbocycles. The second kappa shape index (κ2) is 7.42. The number of aliphatic carboxylic acids is 1. The summed E-state index contributed by atoms with van der Waals surface area (Å²) in [6.45, 7) is 3.36. The van der Waals surface area contributed by atoms with E-state index in [1.807, 2.05) is 13.8 Å². The minimum Gasteiger partial charge on any atom is -0.768 e. The summed E-state index contributed by atoms with van der Waals surface area (Å²) in [7, 11) is 0. The largest absolute Gasteiger partial charge is 1.00 e. The van der Waals surface area contributed by atoms with E-state index < -0.39 is 17.0 Å². The summed E-state index contributed by atoms with van der Waals surface area (Å²) >= 11 is -2.47. The molecule has 6 nitrogen and oxygen atoms in total. The molecule has 1 N–H and O–H groups in total. The number of carbonyl (C=O) groups is 1. The second-order valence-corrected chi connectivity index (χ2v) is 5.48. The first-order valence-corrected chi connectivity index (χ1v) is 7.07. The third-order valence-electron chi connectivity index (χ3n) is 2.68. The SMILES string of the molecule is CC(C)Oc1cccc2c1c(S(=O)[O-])cn2CC(=O)O.[Na+]. The van der Waals surface area contributed by atoms with E-state index in [4.69, 9.17) is 9.84 Å². The normalized spacial score (nSPS) is 12.2. The minimum absolute atomic E-state index is 0. The summed E-state index contributed by atoms with van der Waals surface area (Å²) in [6, 6.07) is 5.04. The summed E-state index contributed by atoms with van der Waals surface area (Å²) in [4.78, 5) is 10.9. The molecule has 2 aromatic rings. The maximum atomic E-state index is 11.3. The van der Waals surface area contributed by atoms with Crippen LogP contribution in [0.3, 0.4) is 0 Å². The number of hydrogen-bond acceptors (Lipinski definition) is 4. The molecule has 21 heavy (non-hydrogen) atoms. The Morgan fingerprint density at radius 1 is 1.48 bits per heavy atom. The molecule has 8 heteroatoms. The van der Waals surface area contributed by atoms with Gasteiger partial charge in [-0.2, -0.15) is 0 Å². The van der Waals surface area contributed by atoms with Crippen LogP contribution in [0.5, 0.6) is 5.75 Å². The van der Waals surface area contributed by atoms with Gasteiger partial charge in [0.15, 0.2) is 0 Å². The van der Waals surface area contributed by atoms with Crippen LogP contribution in [-0.2, 0) is 22.4 Å². The number of carboxylic acid groups (broad SMARTS) is 1. The van der Waals surface area contributed by atoms with Crippen LogP contribution in [0.2, 0.25) is 0 Å². The molecule has 0 aliphatic rings. The summed E-state index contributed by atoms with van der Waals surface area (Å²) in [5.41, 5.74) is 0.518. The Kier molecular flexibility index (Phi) is 6.42. The molecular formula is C13H14NNaO5S. The Morgan fingerprint density at radius 3 is 2.67 bits per heavy atom. The summed E-state index contributed by atoms with van der Waals surface area (Å²) in [5, 5.41) is 9.30. The Bertz CT molecular complexity index is 682. The molecule has 0 spiro atoms. The van der Waals surface area contributed by atoms with Gasteiger partial charge in [0.1, 0.15) is 12.3 Å².